The maximum atomic E-state index is 8.46. The first-order chi connectivity index (χ1) is 13.3. The molecule has 3 heteroatoms. The summed E-state index contributed by atoms with van der Waals surface area (Å²) < 4.78 is 8.46. The summed E-state index contributed by atoms with van der Waals surface area (Å²) in [5.41, 5.74) is 5.10. The van der Waals surface area contributed by atoms with Gasteiger partial charge in [0.15, 0.2) is 0 Å². The summed E-state index contributed by atoms with van der Waals surface area (Å²) >= 11 is 0. The van der Waals surface area contributed by atoms with Gasteiger partial charge in [-0.1, -0.05) is 121 Å². The van der Waals surface area contributed by atoms with E-state index in [1.165, 1.54) is 22.3 Å². The quantitative estimate of drug-likeness (QED) is 0.389. The molecule has 0 aliphatic heterocycles. The van der Waals surface area contributed by atoms with Gasteiger partial charge in [0.2, 0.25) is 0 Å². The molecule has 0 bridgehead atoms. The Morgan fingerprint density at radius 1 is 0.407 bits per heavy atom. The van der Waals surface area contributed by atoms with Gasteiger partial charge in [-0.05, 0) is 22.3 Å². The third-order valence-corrected chi connectivity index (χ3v) is 3.76. The molecule has 2 nitrogen and oxygen atoms in total. The molecule has 4 rings (SSSR count). The molecule has 0 radical (unpaired) electrons. The van der Waals surface area contributed by atoms with Crippen LogP contribution in [0, 0.1) is 0 Å². The van der Waals surface area contributed by atoms with E-state index in [1.807, 2.05) is 24.3 Å². The molecule has 0 saturated heterocycles. The first kappa shape index (κ1) is 20.3. The molecule has 1 N–H and O–H groups in total. The average molecular weight is 372 g/mol. The van der Waals surface area contributed by atoms with Crippen molar-refractivity contribution in [2.24, 2.45) is 0 Å². The van der Waals surface area contributed by atoms with Crippen LogP contribution in [0.4, 0.5) is 0 Å². The van der Waals surface area contributed by atoms with Crippen molar-refractivity contribution in [3.63, 3.8) is 0 Å². The third-order valence-electron chi connectivity index (χ3n) is 3.76. The third kappa shape index (κ3) is 7.37. The lowest BCUT2D eigenvalue weighted by Crippen LogP contribution is -1.73. The maximum Gasteiger partial charge on any atom is 0.324 e. The Morgan fingerprint density at radius 3 is 0.704 bits per heavy atom. The summed E-state index contributed by atoms with van der Waals surface area (Å²) in [6.45, 7) is 0. The predicted octanol–water partition coefficient (Wildman–Crippen LogP) is 6.89. The summed E-state index contributed by atoms with van der Waals surface area (Å²) in [6, 6.07) is 41.6. The molecule has 134 valence electrons. The van der Waals surface area contributed by atoms with E-state index in [9.17, 15) is 0 Å². The molecule has 4 aromatic rings. The predicted molar refractivity (Wildman–Crippen MR) is 114 cm³/mol. The minimum Gasteiger partial charge on any atom is -0.310 e. The zero-order valence-electron chi connectivity index (χ0n) is 14.8. The average Bonchev–Trinajstić information content (AvgIpc) is 2.77. The lowest BCUT2D eigenvalue weighted by molar-refractivity contribution is 0.524. The van der Waals surface area contributed by atoms with Crippen molar-refractivity contribution in [1.29, 1.82) is 0 Å². The number of benzene rings is 4. The van der Waals surface area contributed by atoms with Gasteiger partial charge in [-0.15, -0.1) is 0 Å². The van der Waals surface area contributed by atoms with Crippen LogP contribution >= 0.6 is 8.69 Å². The highest BCUT2D eigenvalue weighted by atomic mass is 31.1. The summed E-state index contributed by atoms with van der Waals surface area (Å²) in [4.78, 5) is 6.99. The van der Waals surface area contributed by atoms with E-state index in [4.69, 9.17) is 9.46 Å². The molecule has 0 aliphatic carbocycles. The van der Waals surface area contributed by atoms with E-state index in [0.717, 1.165) is 0 Å². The topological polar surface area (TPSA) is 37.3 Å². The Kier molecular flexibility index (Phi) is 9.24. The first-order valence-corrected chi connectivity index (χ1v) is 9.29. The Balaban J connectivity index is 0.000000170. The van der Waals surface area contributed by atoms with Gasteiger partial charge in [0.1, 0.15) is 0 Å². The number of rotatable bonds is 2. The second-order valence-electron chi connectivity index (χ2n) is 5.55. The Morgan fingerprint density at radius 2 is 0.556 bits per heavy atom. The van der Waals surface area contributed by atoms with E-state index < -0.39 is 8.69 Å². The summed E-state index contributed by atoms with van der Waals surface area (Å²) in [5, 5.41) is 0. The van der Waals surface area contributed by atoms with Crippen LogP contribution in [0.15, 0.2) is 121 Å². The highest BCUT2D eigenvalue weighted by Gasteiger charge is 1.92. The lowest BCUT2D eigenvalue weighted by Gasteiger charge is -1.98. The van der Waals surface area contributed by atoms with Crippen molar-refractivity contribution >= 4 is 8.69 Å². The van der Waals surface area contributed by atoms with Gasteiger partial charge in [0, 0.05) is 0 Å². The number of hydrogen-bond acceptors (Lipinski definition) is 1. The van der Waals surface area contributed by atoms with Crippen molar-refractivity contribution in [3.05, 3.63) is 121 Å². The Labute approximate surface area is 162 Å². The Bertz CT molecular complexity index is 730. The molecule has 0 aromatic heterocycles. The molecule has 0 fully saturated rings. The van der Waals surface area contributed by atoms with Crippen LogP contribution in [0.25, 0.3) is 22.3 Å². The molecule has 0 spiro atoms. The van der Waals surface area contributed by atoms with Crippen LogP contribution in [0.3, 0.4) is 0 Å². The van der Waals surface area contributed by atoms with E-state index >= 15 is 0 Å². The minimum absolute atomic E-state index is 0.833. The molecule has 4 aromatic carbocycles. The van der Waals surface area contributed by atoms with Gasteiger partial charge >= 0.3 is 8.69 Å². The fourth-order valence-electron chi connectivity index (χ4n) is 2.52. The van der Waals surface area contributed by atoms with Gasteiger partial charge in [-0.2, -0.15) is 0 Å². The van der Waals surface area contributed by atoms with E-state index in [0.29, 0.717) is 0 Å². The molecule has 0 aliphatic rings. The largest absolute Gasteiger partial charge is 0.324 e. The molecule has 27 heavy (non-hydrogen) atoms. The minimum atomic E-state index is -0.833. The zero-order valence-corrected chi connectivity index (χ0v) is 15.7. The van der Waals surface area contributed by atoms with Gasteiger partial charge in [-0.25, -0.2) is 4.57 Å². The van der Waals surface area contributed by atoms with Crippen LogP contribution < -0.4 is 0 Å². The lowest BCUT2D eigenvalue weighted by atomic mass is 10.1. The van der Waals surface area contributed by atoms with Crippen molar-refractivity contribution in [3.8, 4) is 22.3 Å². The van der Waals surface area contributed by atoms with Crippen LogP contribution in [0.5, 0.6) is 0 Å². The zero-order chi connectivity index (χ0) is 19.2. The van der Waals surface area contributed by atoms with Crippen molar-refractivity contribution in [2.45, 2.75) is 0 Å². The maximum absolute atomic E-state index is 8.46. The van der Waals surface area contributed by atoms with E-state index in [2.05, 4.69) is 97.1 Å². The van der Waals surface area contributed by atoms with Crippen molar-refractivity contribution < 1.29 is 9.46 Å². The summed E-state index contributed by atoms with van der Waals surface area (Å²) in [6.07, 6.45) is 0. The first-order valence-electron chi connectivity index (χ1n) is 8.53. The Hall–Kier alpha value is -3.06. The monoisotopic (exact) mass is 372 g/mol. The van der Waals surface area contributed by atoms with Gasteiger partial charge < -0.3 is 4.89 Å². The van der Waals surface area contributed by atoms with E-state index in [1.54, 1.807) is 0 Å². The second-order valence-corrected chi connectivity index (χ2v) is 5.71. The summed E-state index contributed by atoms with van der Waals surface area (Å²) in [7, 11) is -0.833. The van der Waals surface area contributed by atoms with Gasteiger partial charge in [-0.3, -0.25) is 0 Å². The van der Waals surface area contributed by atoms with E-state index in [-0.39, 0.29) is 0 Å². The van der Waals surface area contributed by atoms with Crippen LogP contribution in [-0.2, 0) is 4.57 Å². The van der Waals surface area contributed by atoms with Crippen molar-refractivity contribution in [1.82, 2.24) is 0 Å². The molecule has 0 amide bonds. The molecular formula is C24H21O2P. The van der Waals surface area contributed by atoms with Crippen LogP contribution in [0.1, 0.15) is 0 Å². The fraction of sp³-hybridized carbons (Fsp3) is 0. The summed E-state index contributed by atoms with van der Waals surface area (Å²) in [5.74, 6) is 0. The molecule has 0 heterocycles. The SMILES string of the molecule is O=PO.c1ccc(-c2ccccc2)cc1.c1ccc(-c2ccccc2)cc1. The number of hydrogen-bond donors (Lipinski definition) is 1. The van der Waals surface area contributed by atoms with Gasteiger partial charge in [0.05, 0.1) is 0 Å². The highest BCUT2D eigenvalue weighted by Crippen LogP contribution is 2.18. The standard InChI is InChI=1S/2C12H10.HO2P/c2*1-3-7-11(8-4-1)12-9-5-2-6-10-12;1-3-2/h2*1-10H;(H,1,2). The highest BCUT2D eigenvalue weighted by molar-refractivity contribution is 7.16. The molecule has 0 atom stereocenters. The van der Waals surface area contributed by atoms with Gasteiger partial charge in [0.25, 0.3) is 0 Å². The van der Waals surface area contributed by atoms with Crippen LogP contribution in [0.2, 0.25) is 0 Å². The molecular weight excluding hydrogens is 351 g/mol. The fourth-order valence-corrected chi connectivity index (χ4v) is 2.52. The normalized spacial score (nSPS) is 9.37. The molecule has 0 saturated carbocycles. The molecule has 0 unspecified atom stereocenters. The smallest absolute Gasteiger partial charge is 0.310 e. The second kappa shape index (κ2) is 12.3. The van der Waals surface area contributed by atoms with Crippen LogP contribution in [-0.4, -0.2) is 4.89 Å². The van der Waals surface area contributed by atoms with Crippen molar-refractivity contribution in [2.75, 3.05) is 0 Å².